The molecule has 0 aliphatic carbocycles. The highest BCUT2D eigenvalue weighted by atomic mass is 35.5. The van der Waals surface area contributed by atoms with Gasteiger partial charge in [0.05, 0.1) is 0 Å². The summed E-state index contributed by atoms with van der Waals surface area (Å²) in [6, 6.07) is 5.87. The monoisotopic (exact) mass is 278 g/mol. The lowest BCUT2D eigenvalue weighted by atomic mass is 10.3. The van der Waals surface area contributed by atoms with Gasteiger partial charge < -0.3 is 5.32 Å². The molecule has 0 atom stereocenters. The average Bonchev–Trinajstić information content (AvgIpc) is 2.74. The fourth-order valence-corrected chi connectivity index (χ4v) is 1.81. The predicted octanol–water partition coefficient (Wildman–Crippen LogP) is 2.29. The maximum absolute atomic E-state index is 12.8. The van der Waals surface area contributed by atoms with Crippen LogP contribution in [0.1, 0.15) is 0 Å². The first-order valence-electron chi connectivity index (χ1n) is 5.39. The van der Waals surface area contributed by atoms with E-state index in [-0.39, 0.29) is 11.1 Å². The summed E-state index contributed by atoms with van der Waals surface area (Å²) in [7, 11) is 1.71. The molecular weight excluding hydrogens is 271 g/mol. The fraction of sp³-hybridized carbons (Fsp3) is 0.0909. The van der Waals surface area contributed by atoms with Crippen LogP contribution in [0.3, 0.4) is 0 Å². The minimum absolute atomic E-state index is 0.0857. The van der Waals surface area contributed by atoms with Crippen molar-refractivity contribution in [2.45, 2.75) is 0 Å². The molecule has 0 spiro atoms. The van der Waals surface area contributed by atoms with Crippen molar-refractivity contribution in [1.82, 2.24) is 25.0 Å². The Hall–Kier alpha value is -2.28. The Labute approximate surface area is 112 Å². The van der Waals surface area contributed by atoms with Gasteiger partial charge in [-0.3, -0.25) is 0 Å². The van der Waals surface area contributed by atoms with E-state index in [0.29, 0.717) is 22.7 Å². The first kappa shape index (κ1) is 11.8. The zero-order chi connectivity index (χ0) is 13.4. The Kier molecular flexibility index (Phi) is 2.75. The number of halogens is 2. The van der Waals surface area contributed by atoms with Crippen LogP contribution in [-0.2, 0) is 7.05 Å². The molecule has 96 valence electrons. The smallest absolute Gasteiger partial charge is 0.226 e. The molecule has 2 aromatic heterocycles. The molecule has 0 amide bonds. The van der Waals surface area contributed by atoms with Crippen LogP contribution in [-0.4, -0.2) is 25.0 Å². The standard InChI is InChI=1S/C11H8ClFN6/c1-19-10-8(17-18-19)9(15-11(12)16-10)14-7-4-2-6(13)3-5-7/h2-5H,1H3,(H,14,15,16). The molecule has 3 aromatic rings. The van der Waals surface area contributed by atoms with Crippen LogP contribution >= 0.6 is 11.6 Å². The molecule has 0 aliphatic rings. The van der Waals surface area contributed by atoms with E-state index < -0.39 is 0 Å². The largest absolute Gasteiger partial charge is 0.338 e. The highest BCUT2D eigenvalue weighted by molar-refractivity contribution is 6.28. The molecule has 1 N–H and O–H groups in total. The quantitative estimate of drug-likeness (QED) is 0.729. The molecule has 0 saturated carbocycles. The van der Waals surface area contributed by atoms with E-state index in [1.165, 1.54) is 16.8 Å². The van der Waals surface area contributed by atoms with Crippen LogP contribution in [0.4, 0.5) is 15.9 Å². The summed E-state index contributed by atoms with van der Waals surface area (Å²) < 4.78 is 14.3. The van der Waals surface area contributed by atoms with Gasteiger partial charge >= 0.3 is 0 Å². The lowest BCUT2D eigenvalue weighted by Gasteiger charge is -2.05. The first-order chi connectivity index (χ1) is 9.13. The van der Waals surface area contributed by atoms with Crippen molar-refractivity contribution in [3.05, 3.63) is 35.4 Å². The van der Waals surface area contributed by atoms with E-state index >= 15 is 0 Å². The summed E-state index contributed by atoms with van der Waals surface area (Å²) >= 11 is 5.85. The highest BCUT2D eigenvalue weighted by Gasteiger charge is 2.12. The third kappa shape index (κ3) is 2.19. The van der Waals surface area contributed by atoms with Crippen LogP contribution in [0.5, 0.6) is 0 Å². The van der Waals surface area contributed by atoms with E-state index in [4.69, 9.17) is 11.6 Å². The summed E-state index contributed by atoms with van der Waals surface area (Å²) in [5.74, 6) is 0.116. The van der Waals surface area contributed by atoms with Gasteiger partial charge in [0, 0.05) is 12.7 Å². The highest BCUT2D eigenvalue weighted by Crippen LogP contribution is 2.23. The SMILES string of the molecule is Cn1nnc2c(Nc3ccc(F)cc3)nc(Cl)nc21. The van der Waals surface area contributed by atoms with E-state index in [2.05, 4.69) is 25.6 Å². The molecule has 0 saturated heterocycles. The molecule has 0 bridgehead atoms. The summed E-state index contributed by atoms with van der Waals surface area (Å²) in [5, 5.41) is 10.9. The number of nitrogens with zero attached hydrogens (tertiary/aromatic N) is 5. The Balaban J connectivity index is 2.07. The fourth-order valence-electron chi connectivity index (χ4n) is 1.65. The number of hydrogen-bond donors (Lipinski definition) is 1. The average molecular weight is 279 g/mol. The lowest BCUT2D eigenvalue weighted by molar-refractivity contribution is 0.628. The third-order valence-corrected chi connectivity index (χ3v) is 2.70. The maximum atomic E-state index is 12.8. The summed E-state index contributed by atoms with van der Waals surface area (Å²) in [5.41, 5.74) is 1.68. The van der Waals surface area contributed by atoms with Gasteiger partial charge in [0.2, 0.25) is 5.28 Å². The van der Waals surface area contributed by atoms with Gasteiger partial charge in [0.15, 0.2) is 17.0 Å². The van der Waals surface area contributed by atoms with Gasteiger partial charge in [0.1, 0.15) is 5.82 Å². The second-order valence-electron chi connectivity index (χ2n) is 3.86. The maximum Gasteiger partial charge on any atom is 0.226 e. The van der Waals surface area contributed by atoms with Crippen LogP contribution in [0, 0.1) is 5.82 Å². The van der Waals surface area contributed by atoms with Crippen molar-refractivity contribution in [2.75, 3.05) is 5.32 Å². The van der Waals surface area contributed by atoms with Gasteiger partial charge in [-0.15, -0.1) is 5.10 Å². The van der Waals surface area contributed by atoms with E-state index in [1.807, 2.05) is 0 Å². The number of aryl methyl sites for hydroxylation is 1. The topological polar surface area (TPSA) is 68.5 Å². The Morgan fingerprint density at radius 3 is 2.68 bits per heavy atom. The Bertz CT molecular complexity index is 739. The van der Waals surface area contributed by atoms with E-state index in [1.54, 1.807) is 19.2 Å². The molecule has 6 nitrogen and oxygen atoms in total. The van der Waals surface area contributed by atoms with Gasteiger partial charge in [-0.25, -0.2) is 9.07 Å². The zero-order valence-electron chi connectivity index (χ0n) is 9.80. The first-order valence-corrected chi connectivity index (χ1v) is 5.77. The van der Waals surface area contributed by atoms with Crippen molar-refractivity contribution in [3.8, 4) is 0 Å². The predicted molar refractivity (Wildman–Crippen MR) is 68.8 cm³/mol. The zero-order valence-corrected chi connectivity index (χ0v) is 10.6. The van der Waals surface area contributed by atoms with Crippen LogP contribution in [0.25, 0.3) is 11.2 Å². The second kappa shape index (κ2) is 4.43. The van der Waals surface area contributed by atoms with Crippen molar-refractivity contribution in [2.24, 2.45) is 7.05 Å². The number of aromatic nitrogens is 5. The number of rotatable bonds is 2. The Morgan fingerprint density at radius 1 is 1.21 bits per heavy atom. The number of nitrogens with one attached hydrogen (secondary N) is 1. The van der Waals surface area contributed by atoms with Crippen LogP contribution in [0.2, 0.25) is 5.28 Å². The number of hydrogen-bond acceptors (Lipinski definition) is 5. The van der Waals surface area contributed by atoms with Crippen molar-refractivity contribution in [1.29, 1.82) is 0 Å². The molecule has 2 heterocycles. The Morgan fingerprint density at radius 2 is 1.95 bits per heavy atom. The summed E-state index contributed by atoms with van der Waals surface area (Å²) in [6.07, 6.45) is 0. The summed E-state index contributed by atoms with van der Waals surface area (Å²) in [4.78, 5) is 8.11. The summed E-state index contributed by atoms with van der Waals surface area (Å²) in [6.45, 7) is 0. The van der Waals surface area contributed by atoms with Gasteiger partial charge in [-0.05, 0) is 35.9 Å². The lowest BCUT2D eigenvalue weighted by Crippen LogP contribution is -1.98. The van der Waals surface area contributed by atoms with Crippen molar-refractivity contribution in [3.63, 3.8) is 0 Å². The number of benzene rings is 1. The van der Waals surface area contributed by atoms with Gasteiger partial charge in [-0.1, -0.05) is 5.21 Å². The van der Waals surface area contributed by atoms with Crippen LogP contribution in [0.15, 0.2) is 24.3 Å². The molecule has 0 fully saturated rings. The molecule has 0 unspecified atom stereocenters. The van der Waals surface area contributed by atoms with Crippen molar-refractivity contribution < 1.29 is 4.39 Å². The van der Waals surface area contributed by atoms with Gasteiger partial charge in [-0.2, -0.15) is 9.97 Å². The molecule has 3 rings (SSSR count). The molecular formula is C11H8ClFN6. The molecule has 19 heavy (non-hydrogen) atoms. The van der Waals surface area contributed by atoms with E-state index in [9.17, 15) is 4.39 Å². The van der Waals surface area contributed by atoms with Gasteiger partial charge in [0.25, 0.3) is 0 Å². The molecule has 8 heteroatoms. The second-order valence-corrected chi connectivity index (χ2v) is 4.20. The third-order valence-electron chi connectivity index (χ3n) is 2.53. The van der Waals surface area contributed by atoms with E-state index in [0.717, 1.165) is 0 Å². The van der Waals surface area contributed by atoms with Crippen molar-refractivity contribution >= 4 is 34.3 Å². The number of fused-ring (bicyclic) bond motifs is 1. The minimum Gasteiger partial charge on any atom is -0.338 e. The minimum atomic E-state index is -0.309. The molecule has 0 radical (unpaired) electrons. The normalized spacial score (nSPS) is 10.9. The van der Waals surface area contributed by atoms with Crippen LogP contribution < -0.4 is 5.32 Å². The number of anilines is 2. The molecule has 0 aliphatic heterocycles. The molecule has 1 aromatic carbocycles.